The Balaban J connectivity index is 5.98. The molecule has 0 bridgehead atoms. The Morgan fingerprint density at radius 1 is 1.00 bits per heavy atom. The average Bonchev–Trinajstić information content (AvgIpc) is 2.38. The highest BCUT2D eigenvalue weighted by Crippen LogP contribution is 2.34. The lowest BCUT2D eigenvalue weighted by molar-refractivity contribution is -0.122. The highest BCUT2D eigenvalue weighted by atomic mass is 16.5. The van der Waals surface area contributed by atoms with E-state index in [0.29, 0.717) is 17.1 Å². The number of carbonyl (C=O) groups is 2. The first kappa shape index (κ1) is 20.7. The first-order valence-electron chi connectivity index (χ1n) is 7.53. The number of allylic oxidation sites excluding steroid dienone is 2. The molecule has 22 heavy (non-hydrogen) atoms. The molecule has 4 nitrogen and oxygen atoms in total. The van der Waals surface area contributed by atoms with Crippen molar-refractivity contribution >= 4 is 11.6 Å². The van der Waals surface area contributed by atoms with E-state index in [1.54, 1.807) is 6.92 Å². The van der Waals surface area contributed by atoms with Crippen LogP contribution in [0.25, 0.3) is 0 Å². The summed E-state index contributed by atoms with van der Waals surface area (Å²) in [6.45, 7) is 11.8. The molecule has 0 unspecified atom stereocenters. The predicted octanol–water partition coefficient (Wildman–Crippen LogP) is 3.36. The molecule has 0 fully saturated rings. The molecule has 0 spiro atoms. The van der Waals surface area contributed by atoms with Crippen molar-refractivity contribution in [2.75, 3.05) is 27.4 Å². The summed E-state index contributed by atoms with van der Waals surface area (Å²) in [6.07, 6.45) is 2.06. The molecule has 0 aromatic heterocycles. The maximum atomic E-state index is 12.5. The Kier molecular flexibility index (Phi) is 8.49. The molecule has 0 aliphatic carbocycles. The van der Waals surface area contributed by atoms with E-state index < -0.39 is 5.41 Å². The summed E-state index contributed by atoms with van der Waals surface area (Å²) in [5, 5.41) is 0. The summed E-state index contributed by atoms with van der Waals surface area (Å²) in [4.78, 5) is 24.6. The number of methoxy groups -OCH3 is 2. The molecule has 0 rings (SSSR count). The molecule has 0 N–H and O–H groups in total. The summed E-state index contributed by atoms with van der Waals surface area (Å²) in [5.74, 6) is 0.0425. The number of carbonyl (C=O) groups excluding carboxylic acids is 2. The van der Waals surface area contributed by atoms with Crippen molar-refractivity contribution in [1.29, 1.82) is 0 Å². The number of ether oxygens (including phenoxy) is 2. The largest absolute Gasteiger partial charge is 0.377 e. The average molecular weight is 310 g/mol. The minimum absolute atomic E-state index is 0.0292. The van der Waals surface area contributed by atoms with Gasteiger partial charge in [-0.1, -0.05) is 39.3 Å². The normalized spacial score (nSPS) is 14.1. The van der Waals surface area contributed by atoms with E-state index in [9.17, 15) is 9.59 Å². The van der Waals surface area contributed by atoms with E-state index in [1.807, 2.05) is 20.8 Å². The quantitative estimate of drug-likeness (QED) is 0.484. The van der Waals surface area contributed by atoms with Gasteiger partial charge in [-0.3, -0.25) is 9.59 Å². The smallest absolute Gasteiger partial charge is 0.185 e. The summed E-state index contributed by atoms with van der Waals surface area (Å²) >= 11 is 0. The second-order valence-corrected chi connectivity index (χ2v) is 6.48. The second kappa shape index (κ2) is 9.01. The second-order valence-electron chi connectivity index (χ2n) is 6.48. The monoisotopic (exact) mass is 310 g/mol. The van der Waals surface area contributed by atoms with Crippen molar-refractivity contribution in [3.8, 4) is 0 Å². The van der Waals surface area contributed by atoms with Gasteiger partial charge in [-0.15, -0.1) is 0 Å². The van der Waals surface area contributed by atoms with Crippen LogP contribution in [0.1, 0.15) is 41.5 Å². The number of hydrogen-bond acceptors (Lipinski definition) is 4. The Morgan fingerprint density at radius 3 is 1.86 bits per heavy atom. The van der Waals surface area contributed by atoms with Gasteiger partial charge < -0.3 is 9.47 Å². The van der Waals surface area contributed by atoms with Crippen molar-refractivity contribution in [3.63, 3.8) is 0 Å². The molecule has 0 saturated carbocycles. The molecule has 0 aliphatic rings. The molecule has 0 atom stereocenters. The van der Waals surface area contributed by atoms with Crippen molar-refractivity contribution < 1.29 is 19.1 Å². The van der Waals surface area contributed by atoms with Crippen molar-refractivity contribution in [3.05, 3.63) is 22.8 Å². The molecular weight excluding hydrogens is 280 g/mol. The van der Waals surface area contributed by atoms with Gasteiger partial charge in [-0.2, -0.15) is 0 Å². The molecular formula is C18H30O4. The third-order valence-corrected chi connectivity index (χ3v) is 3.77. The molecule has 0 radical (unpaired) electrons. The van der Waals surface area contributed by atoms with E-state index >= 15 is 0 Å². The van der Waals surface area contributed by atoms with Crippen LogP contribution in [0.3, 0.4) is 0 Å². The molecule has 0 aromatic carbocycles. The van der Waals surface area contributed by atoms with Gasteiger partial charge in [0.1, 0.15) is 13.2 Å². The zero-order valence-electron chi connectivity index (χ0n) is 15.2. The lowest BCUT2D eigenvalue weighted by Crippen LogP contribution is -2.27. The van der Waals surface area contributed by atoms with Crippen LogP contribution in [-0.4, -0.2) is 39.0 Å². The van der Waals surface area contributed by atoms with Crippen LogP contribution in [0.15, 0.2) is 22.8 Å². The molecule has 4 heteroatoms. The molecule has 0 heterocycles. The van der Waals surface area contributed by atoms with Gasteiger partial charge >= 0.3 is 0 Å². The third kappa shape index (κ3) is 5.85. The van der Waals surface area contributed by atoms with Crippen LogP contribution < -0.4 is 0 Å². The minimum Gasteiger partial charge on any atom is -0.377 e. The highest BCUT2D eigenvalue weighted by Gasteiger charge is 2.30. The number of Topliss-reactive ketones (excluding diaryl/α,β-unsaturated/α-hetero) is 2. The molecule has 0 saturated heterocycles. The van der Waals surface area contributed by atoms with Crippen LogP contribution in [0, 0.1) is 11.3 Å². The maximum absolute atomic E-state index is 12.5. The van der Waals surface area contributed by atoms with Crippen LogP contribution >= 0.6 is 0 Å². The lowest BCUT2D eigenvalue weighted by Gasteiger charge is -2.27. The van der Waals surface area contributed by atoms with E-state index in [-0.39, 0.29) is 24.8 Å². The van der Waals surface area contributed by atoms with Crippen LogP contribution in [0.5, 0.6) is 0 Å². The van der Waals surface area contributed by atoms with Crippen LogP contribution in [0.4, 0.5) is 0 Å². The predicted molar refractivity (Wildman–Crippen MR) is 88.8 cm³/mol. The minimum atomic E-state index is -0.544. The van der Waals surface area contributed by atoms with Gasteiger partial charge in [0.25, 0.3) is 0 Å². The maximum Gasteiger partial charge on any atom is 0.185 e. The van der Waals surface area contributed by atoms with Crippen molar-refractivity contribution in [2.24, 2.45) is 11.3 Å². The van der Waals surface area contributed by atoms with Gasteiger partial charge in [-0.25, -0.2) is 0 Å². The van der Waals surface area contributed by atoms with Crippen LogP contribution in [0.2, 0.25) is 0 Å². The van der Waals surface area contributed by atoms with E-state index in [4.69, 9.17) is 9.47 Å². The van der Waals surface area contributed by atoms with Gasteiger partial charge in [0, 0.05) is 30.8 Å². The molecule has 0 amide bonds. The zero-order chi connectivity index (χ0) is 17.5. The third-order valence-electron chi connectivity index (χ3n) is 3.77. The topological polar surface area (TPSA) is 52.6 Å². The summed E-state index contributed by atoms with van der Waals surface area (Å²) in [7, 11) is 2.94. The van der Waals surface area contributed by atoms with E-state index in [1.165, 1.54) is 19.8 Å². The van der Waals surface area contributed by atoms with Crippen molar-refractivity contribution in [2.45, 2.75) is 41.5 Å². The molecule has 126 valence electrons. The first-order chi connectivity index (χ1) is 10.1. The summed E-state index contributed by atoms with van der Waals surface area (Å²) in [5.41, 5.74) is 1.58. The SMILES string of the molecule is COCC(=O)/C(C)=C(\C(=O)COC)C(C)(C)/C=C(\C)C(C)C. The summed E-state index contributed by atoms with van der Waals surface area (Å²) < 4.78 is 9.88. The first-order valence-corrected chi connectivity index (χ1v) is 7.53. The standard InChI is InChI=1S/C18H30O4/c1-12(2)13(3)9-18(5,6)17(16(20)11-22-8)14(4)15(19)10-21-7/h9,12H,10-11H2,1-8H3/b13-9+,17-14+. The fourth-order valence-corrected chi connectivity index (χ4v) is 2.44. The zero-order valence-corrected chi connectivity index (χ0v) is 15.2. The lowest BCUT2D eigenvalue weighted by atomic mass is 9.76. The number of ketones is 2. The van der Waals surface area contributed by atoms with E-state index in [0.717, 1.165) is 0 Å². The van der Waals surface area contributed by atoms with Gasteiger partial charge in [0.05, 0.1) is 0 Å². The number of rotatable bonds is 9. The van der Waals surface area contributed by atoms with Gasteiger partial charge in [0.2, 0.25) is 0 Å². The van der Waals surface area contributed by atoms with Crippen molar-refractivity contribution in [1.82, 2.24) is 0 Å². The highest BCUT2D eigenvalue weighted by molar-refractivity contribution is 6.08. The Bertz CT molecular complexity index is 467. The number of hydrogen-bond donors (Lipinski definition) is 0. The molecule has 0 aromatic rings. The van der Waals surface area contributed by atoms with Gasteiger partial charge in [0.15, 0.2) is 11.6 Å². The van der Waals surface area contributed by atoms with Crippen LogP contribution in [-0.2, 0) is 19.1 Å². The Morgan fingerprint density at radius 2 is 1.45 bits per heavy atom. The van der Waals surface area contributed by atoms with E-state index in [2.05, 4.69) is 19.9 Å². The van der Waals surface area contributed by atoms with Gasteiger partial charge in [-0.05, 0) is 19.8 Å². The Hall–Kier alpha value is -1.26. The Labute approximate surface area is 134 Å². The fourth-order valence-electron chi connectivity index (χ4n) is 2.44. The molecule has 0 aliphatic heterocycles. The summed E-state index contributed by atoms with van der Waals surface area (Å²) in [6, 6.07) is 0. The fraction of sp³-hybridized carbons (Fsp3) is 0.667.